The van der Waals surface area contributed by atoms with Gasteiger partial charge in [-0.1, -0.05) is 26.2 Å². The van der Waals surface area contributed by atoms with E-state index in [9.17, 15) is 14.4 Å². The number of aromatic amines is 1. The molecule has 2 aromatic rings. The molecule has 0 radical (unpaired) electrons. The number of hydrogen-bond acceptors (Lipinski definition) is 4. The molecule has 0 bridgehead atoms. The Bertz CT molecular complexity index is 762. The first-order chi connectivity index (χ1) is 11.0. The van der Waals surface area contributed by atoms with Crippen molar-refractivity contribution in [2.24, 2.45) is 0 Å². The van der Waals surface area contributed by atoms with Gasteiger partial charge in [0.2, 0.25) is 0 Å². The van der Waals surface area contributed by atoms with Crippen molar-refractivity contribution in [2.45, 2.75) is 39.0 Å². The number of pyridine rings is 1. The van der Waals surface area contributed by atoms with Crippen LogP contribution < -0.4 is 10.7 Å². The van der Waals surface area contributed by atoms with Gasteiger partial charge in [-0.15, -0.1) is 0 Å². The van der Waals surface area contributed by atoms with Crippen LogP contribution in [0, 0.1) is 0 Å². The molecule has 2 heterocycles. The molecule has 0 saturated heterocycles. The zero-order valence-electron chi connectivity index (χ0n) is 13.0. The van der Waals surface area contributed by atoms with Crippen LogP contribution in [0.25, 0.3) is 5.65 Å². The van der Waals surface area contributed by atoms with Crippen molar-refractivity contribution in [2.75, 3.05) is 6.54 Å². The van der Waals surface area contributed by atoms with Crippen LogP contribution in [0.5, 0.6) is 0 Å². The number of nitrogens with zero attached hydrogens (tertiary/aromatic N) is 2. The molecule has 1 amide bonds. The molecule has 0 aliphatic heterocycles. The number of carboxylic acid groups (broad SMARTS) is 1. The van der Waals surface area contributed by atoms with E-state index in [4.69, 9.17) is 5.11 Å². The predicted octanol–water partition coefficient (Wildman–Crippen LogP) is 0.960. The van der Waals surface area contributed by atoms with Gasteiger partial charge in [0.25, 0.3) is 5.91 Å². The lowest BCUT2D eigenvalue weighted by Gasteiger charge is -2.08. The number of aliphatic carboxylic acids is 1. The molecule has 0 aliphatic rings. The first-order valence-electron chi connectivity index (χ1n) is 7.62. The lowest BCUT2D eigenvalue weighted by Crippen LogP contribution is -2.33. The number of aryl methyl sites for hydroxylation is 1. The van der Waals surface area contributed by atoms with Gasteiger partial charge in [-0.25, -0.2) is 9.50 Å². The molecule has 0 unspecified atom stereocenters. The standard InChI is InChI=1S/C15H20N4O4/c1-2-3-4-5-6-10-7-11(20)13(14-17-9-18-19(10)14)15(23)16-8-12(21)22/h7,9H,2-6,8H2,1H3,(H,16,23)(H,17,18)(H,21,22). The molecule has 0 atom stereocenters. The summed E-state index contributed by atoms with van der Waals surface area (Å²) in [7, 11) is 0. The summed E-state index contributed by atoms with van der Waals surface area (Å²) >= 11 is 0. The number of H-pyrrole nitrogens is 1. The Morgan fingerprint density at radius 2 is 2.13 bits per heavy atom. The number of carbonyl (C=O) groups excluding carboxylic acids is 1. The first kappa shape index (κ1) is 16.7. The summed E-state index contributed by atoms with van der Waals surface area (Å²) in [5.74, 6) is -1.91. The van der Waals surface area contributed by atoms with E-state index in [1.54, 1.807) is 4.52 Å². The maximum atomic E-state index is 12.3. The number of aromatic nitrogens is 3. The molecular formula is C15H20N4O4. The molecule has 124 valence electrons. The summed E-state index contributed by atoms with van der Waals surface area (Å²) in [4.78, 5) is 38.9. The topological polar surface area (TPSA) is 117 Å². The van der Waals surface area contributed by atoms with Gasteiger partial charge < -0.3 is 10.4 Å². The van der Waals surface area contributed by atoms with E-state index in [-0.39, 0.29) is 11.2 Å². The van der Waals surface area contributed by atoms with Gasteiger partial charge >= 0.3 is 5.97 Å². The van der Waals surface area contributed by atoms with Crippen LogP contribution in [0.15, 0.2) is 17.2 Å². The molecule has 0 fully saturated rings. The van der Waals surface area contributed by atoms with Crippen LogP contribution in [0.3, 0.4) is 0 Å². The van der Waals surface area contributed by atoms with Gasteiger partial charge in [0.15, 0.2) is 11.1 Å². The summed E-state index contributed by atoms with van der Waals surface area (Å²) in [6.07, 6.45) is 6.38. The molecule has 3 N–H and O–H groups in total. The summed E-state index contributed by atoms with van der Waals surface area (Å²) < 4.78 is 1.60. The SMILES string of the molecule is CCCCCCc1cc(=O)c(C(=O)NCC(=O)O)c2nc[nH]n12. The van der Waals surface area contributed by atoms with Crippen molar-refractivity contribution in [1.82, 2.24) is 19.9 Å². The number of amides is 1. The fourth-order valence-electron chi connectivity index (χ4n) is 2.43. The van der Waals surface area contributed by atoms with E-state index >= 15 is 0 Å². The molecule has 8 nitrogen and oxygen atoms in total. The third-order valence-corrected chi connectivity index (χ3v) is 3.55. The molecule has 0 aliphatic carbocycles. The molecule has 0 spiro atoms. The maximum absolute atomic E-state index is 12.3. The van der Waals surface area contributed by atoms with Crippen molar-refractivity contribution < 1.29 is 14.7 Å². The Kier molecular flexibility index (Phi) is 5.51. The summed E-state index contributed by atoms with van der Waals surface area (Å²) in [5.41, 5.74) is 0.370. The minimum Gasteiger partial charge on any atom is -0.480 e. The van der Waals surface area contributed by atoms with Gasteiger partial charge in [0.05, 0.1) is 0 Å². The minimum absolute atomic E-state index is 0.148. The average molecular weight is 320 g/mol. The number of carbonyl (C=O) groups is 2. The van der Waals surface area contributed by atoms with E-state index in [1.165, 1.54) is 12.4 Å². The molecule has 2 rings (SSSR count). The van der Waals surface area contributed by atoms with E-state index in [0.717, 1.165) is 31.4 Å². The highest BCUT2D eigenvalue weighted by Crippen LogP contribution is 2.10. The van der Waals surface area contributed by atoms with Crippen molar-refractivity contribution in [3.05, 3.63) is 33.9 Å². The highest BCUT2D eigenvalue weighted by Gasteiger charge is 2.19. The molecule has 0 aromatic carbocycles. The molecule has 8 heteroatoms. The Morgan fingerprint density at radius 3 is 2.83 bits per heavy atom. The molecule has 0 saturated carbocycles. The monoisotopic (exact) mass is 320 g/mol. The summed E-state index contributed by atoms with van der Waals surface area (Å²) in [6, 6.07) is 1.41. The van der Waals surface area contributed by atoms with Crippen LogP contribution in [-0.4, -0.2) is 38.1 Å². The number of rotatable bonds is 8. The second-order valence-electron chi connectivity index (χ2n) is 5.31. The van der Waals surface area contributed by atoms with E-state index in [1.807, 2.05) is 0 Å². The maximum Gasteiger partial charge on any atom is 0.322 e. The van der Waals surface area contributed by atoms with Gasteiger partial charge in [-0.05, 0) is 12.8 Å². The number of unbranched alkanes of at least 4 members (excludes halogenated alkanes) is 3. The van der Waals surface area contributed by atoms with E-state index < -0.39 is 23.9 Å². The molecule has 2 aromatic heterocycles. The Hall–Kier alpha value is -2.64. The van der Waals surface area contributed by atoms with E-state index in [0.29, 0.717) is 6.42 Å². The van der Waals surface area contributed by atoms with Crippen LogP contribution >= 0.6 is 0 Å². The summed E-state index contributed by atoms with van der Waals surface area (Å²) in [5, 5.41) is 13.7. The van der Waals surface area contributed by atoms with Gasteiger partial charge in [-0.2, -0.15) is 0 Å². The van der Waals surface area contributed by atoms with Gasteiger partial charge in [-0.3, -0.25) is 19.5 Å². The van der Waals surface area contributed by atoms with Crippen molar-refractivity contribution >= 4 is 17.5 Å². The van der Waals surface area contributed by atoms with Crippen LogP contribution in [-0.2, 0) is 11.2 Å². The third-order valence-electron chi connectivity index (χ3n) is 3.55. The summed E-state index contributed by atoms with van der Waals surface area (Å²) in [6.45, 7) is 1.58. The third kappa shape index (κ3) is 3.97. The first-order valence-corrected chi connectivity index (χ1v) is 7.62. The van der Waals surface area contributed by atoms with Crippen LogP contribution in [0.4, 0.5) is 0 Å². The Labute approximate surface area is 132 Å². The molecule has 23 heavy (non-hydrogen) atoms. The normalized spacial score (nSPS) is 10.8. The van der Waals surface area contributed by atoms with E-state index in [2.05, 4.69) is 22.3 Å². The van der Waals surface area contributed by atoms with Gasteiger partial charge in [0, 0.05) is 11.8 Å². The predicted molar refractivity (Wildman–Crippen MR) is 83.6 cm³/mol. The second-order valence-corrected chi connectivity index (χ2v) is 5.31. The fourth-order valence-corrected chi connectivity index (χ4v) is 2.43. The average Bonchev–Trinajstić information content (AvgIpc) is 2.98. The lowest BCUT2D eigenvalue weighted by atomic mass is 10.1. The largest absolute Gasteiger partial charge is 0.480 e. The van der Waals surface area contributed by atoms with Crippen molar-refractivity contribution in [3.8, 4) is 0 Å². The van der Waals surface area contributed by atoms with Crippen LogP contribution in [0.1, 0.15) is 48.7 Å². The second kappa shape index (κ2) is 7.57. The zero-order valence-corrected chi connectivity index (χ0v) is 13.0. The molecular weight excluding hydrogens is 300 g/mol. The number of carboxylic acids is 1. The number of hydrogen-bond donors (Lipinski definition) is 3. The van der Waals surface area contributed by atoms with Gasteiger partial charge in [0.1, 0.15) is 18.4 Å². The quantitative estimate of drug-likeness (QED) is 0.626. The fraction of sp³-hybridized carbons (Fsp3) is 0.467. The Morgan fingerprint density at radius 1 is 1.35 bits per heavy atom. The van der Waals surface area contributed by atoms with Crippen LogP contribution in [0.2, 0.25) is 0 Å². The smallest absolute Gasteiger partial charge is 0.322 e. The Balaban J connectivity index is 2.28. The minimum atomic E-state index is -1.18. The van der Waals surface area contributed by atoms with Crippen molar-refractivity contribution in [3.63, 3.8) is 0 Å². The van der Waals surface area contributed by atoms with Crippen molar-refractivity contribution in [1.29, 1.82) is 0 Å². The highest BCUT2D eigenvalue weighted by atomic mass is 16.4. The number of nitrogens with one attached hydrogen (secondary N) is 2. The zero-order chi connectivity index (χ0) is 16.8. The highest BCUT2D eigenvalue weighted by molar-refractivity contribution is 6.00. The lowest BCUT2D eigenvalue weighted by molar-refractivity contribution is -0.135. The number of fused-ring (bicyclic) bond motifs is 1.